The Morgan fingerprint density at radius 2 is 2.08 bits per heavy atom. The molecular weight excluding hydrogens is 306 g/mol. The number of aromatic nitrogens is 2. The minimum absolute atomic E-state index is 0.0327. The first-order chi connectivity index (χ1) is 11.5. The van der Waals surface area contributed by atoms with E-state index < -0.39 is 6.10 Å². The number of H-pyrrole nitrogens is 1. The Hall–Kier alpha value is -2.34. The van der Waals surface area contributed by atoms with Gasteiger partial charge in [-0.2, -0.15) is 5.10 Å². The fourth-order valence-corrected chi connectivity index (χ4v) is 3.18. The van der Waals surface area contributed by atoms with Crippen LogP contribution in [-0.2, 0) is 17.6 Å². The molecule has 6 heteroatoms. The molecule has 0 unspecified atom stereocenters. The fourth-order valence-electron chi connectivity index (χ4n) is 3.18. The standard InChI is InChI=1S/C18H23N3O3/c1-12-8-15(20-19-12)9-14-10-21(11-17(14)23)18(24)7-4-13-2-5-16(22)6-3-13/h2-3,5-6,8,14,17,22-23H,4,7,9-11H2,1H3,(H,19,20)/t14-,17+/m1/s1. The minimum Gasteiger partial charge on any atom is -0.508 e. The number of hydrogen-bond donors (Lipinski definition) is 3. The second-order valence-electron chi connectivity index (χ2n) is 6.54. The quantitative estimate of drug-likeness (QED) is 0.774. The molecule has 3 rings (SSSR count). The summed E-state index contributed by atoms with van der Waals surface area (Å²) in [5.41, 5.74) is 2.94. The Labute approximate surface area is 141 Å². The molecule has 0 aliphatic carbocycles. The number of phenols is 1. The normalized spacial score (nSPS) is 20.5. The molecule has 0 bridgehead atoms. The number of β-amino-alcohol motifs (C(OH)–C–C–N with tert-alkyl or cyclic N) is 1. The summed E-state index contributed by atoms with van der Waals surface area (Å²) in [4.78, 5) is 14.1. The smallest absolute Gasteiger partial charge is 0.223 e. The maximum atomic E-state index is 12.4. The molecule has 1 aliphatic heterocycles. The third kappa shape index (κ3) is 3.94. The highest BCUT2D eigenvalue weighted by Crippen LogP contribution is 2.22. The molecule has 6 nitrogen and oxygen atoms in total. The summed E-state index contributed by atoms with van der Waals surface area (Å²) in [6.07, 6.45) is 1.22. The van der Waals surface area contributed by atoms with Gasteiger partial charge in [0.05, 0.1) is 11.8 Å². The van der Waals surface area contributed by atoms with Gasteiger partial charge in [0.25, 0.3) is 0 Å². The van der Waals surface area contributed by atoms with Crippen LogP contribution in [0.2, 0.25) is 0 Å². The van der Waals surface area contributed by atoms with Crippen molar-refractivity contribution in [2.75, 3.05) is 13.1 Å². The predicted molar refractivity (Wildman–Crippen MR) is 89.5 cm³/mol. The third-order valence-corrected chi connectivity index (χ3v) is 4.55. The average molecular weight is 329 g/mol. The maximum absolute atomic E-state index is 12.4. The Kier molecular flexibility index (Phi) is 4.85. The largest absolute Gasteiger partial charge is 0.508 e. The van der Waals surface area contributed by atoms with Crippen molar-refractivity contribution in [3.63, 3.8) is 0 Å². The SMILES string of the molecule is Cc1cc(C[C@@H]2CN(C(=O)CCc3ccc(O)cc3)C[C@@H]2O)n[nH]1. The van der Waals surface area contributed by atoms with Crippen molar-refractivity contribution in [2.24, 2.45) is 5.92 Å². The molecule has 3 N–H and O–H groups in total. The van der Waals surface area contributed by atoms with Crippen molar-refractivity contribution in [3.8, 4) is 5.75 Å². The second kappa shape index (κ2) is 7.05. The van der Waals surface area contributed by atoms with Gasteiger partial charge in [-0.3, -0.25) is 9.89 Å². The van der Waals surface area contributed by atoms with Crippen molar-refractivity contribution in [1.29, 1.82) is 0 Å². The number of carbonyl (C=O) groups excluding carboxylic acids is 1. The van der Waals surface area contributed by atoms with Crippen molar-refractivity contribution in [1.82, 2.24) is 15.1 Å². The lowest BCUT2D eigenvalue weighted by molar-refractivity contribution is -0.130. The molecule has 1 saturated heterocycles. The number of aliphatic hydroxyl groups excluding tert-OH is 1. The summed E-state index contributed by atoms with van der Waals surface area (Å²) in [5.74, 6) is 0.317. The van der Waals surface area contributed by atoms with Gasteiger partial charge in [0.1, 0.15) is 5.75 Å². The summed E-state index contributed by atoms with van der Waals surface area (Å²) in [7, 11) is 0. The van der Waals surface area contributed by atoms with Crippen molar-refractivity contribution in [3.05, 3.63) is 47.3 Å². The van der Waals surface area contributed by atoms with Gasteiger partial charge >= 0.3 is 0 Å². The molecule has 1 fully saturated rings. The number of phenolic OH excluding ortho intramolecular Hbond substituents is 1. The lowest BCUT2D eigenvalue weighted by Gasteiger charge is -2.16. The van der Waals surface area contributed by atoms with E-state index in [0.717, 1.165) is 17.0 Å². The summed E-state index contributed by atoms with van der Waals surface area (Å²) >= 11 is 0. The van der Waals surface area contributed by atoms with Gasteiger partial charge in [-0.15, -0.1) is 0 Å². The molecule has 128 valence electrons. The summed E-state index contributed by atoms with van der Waals surface area (Å²) in [6, 6.07) is 8.87. The average Bonchev–Trinajstić information content (AvgIpc) is 3.13. The van der Waals surface area contributed by atoms with E-state index in [1.165, 1.54) is 0 Å². The van der Waals surface area contributed by atoms with Crippen molar-refractivity contribution < 1.29 is 15.0 Å². The van der Waals surface area contributed by atoms with Crippen LogP contribution in [0, 0.1) is 12.8 Å². The Bertz CT molecular complexity index is 696. The van der Waals surface area contributed by atoms with Crippen molar-refractivity contribution in [2.45, 2.75) is 32.3 Å². The van der Waals surface area contributed by atoms with E-state index in [-0.39, 0.29) is 17.6 Å². The van der Waals surface area contributed by atoms with E-state index in [9.17, 15) is 15.0 Å². The molecule has 0 radical (unpaired) electrons. The van der Waals surface area contributed by atoms with E-state index in [2.05, 4.69) is 10.2 Å². The third-order valence-electron chi connectivity index (χ3n) is 4.55. The number of amides is 1. The summed E-state index contributed by atoms with van der Waals surface area (Å²) in [6.45, 7) is 2.91. The van der Waals surface area contributed by atoms with Crippen molar-refractivity contribution >= 4 is 5.91 Å². The number of rotatable bonds is 5. The van der Waals surface area contributed by atoms with Crippen LogP contribution < -0.4 is 0 Å². The number of aliphatic hydroxyl groups is 1. The van der Waals surface area contributed by atoms with Crippen LogP contribution in [-0.4, -0.2) is 50.4 Å². The van der Waals surface area contributed by atoms with Gasteiger partial charge in [0.15, 0.2) is 0 Å². The van der Waals surface area contributed by atoms with Crippen LogP contribution in [0.4, 0.5) is 0 Å². The number of nitrogens with one attached hydrogen (secondary N) is 1. The Morgan fingerprint density at radius 1 is 1.33 bits per heavy atom. The maximum Gasteiger partial charge on any atom is 0.223 e. The molecule has 2 heterocycles. The highest BCUT2D eigenvalue weighted by Gasteiger charge is 2.34. The van der Waals surface area contributed by atoms with Gasteiger partial charge < -0.3 is 15.1 Å². The first-order valence-electron chi connectivity index (χ1n) is 8.26. The zero-order valence-corrected chi connectivity index (χ0v) is 13.8. The van der Waals surface area contributed by atoms with E-state index in [0.29, 0.717) is 32.4 Å². The minimum atomic E-state index is -0.500. The van der Waals surface area contributed by atoms with Crippen LogP contribution in [0.15, 0.2) is 30.3 Å². The summed E-state index contributed by atoms with van der Waals surface area (Å²) in [5, 5.41) is 26.6. The molecule has 1 amide bonds. The van der Waals surface area contributed by atoms with Gasteiger partial charge in [0, 0.05) is 31.1 Å². The number of aromatic amines is 1. The highest BCUT2D eigenvalue weighted by atomic mass is 16.3. The van der Waals surface area contributed by atoms with Gasteiger partial charge in [-0.25, -0.2) is 0 Å². The molecule has 24 heavy (non-hydrogen) atoms. The second-order valence-corrected chi connectivity index (χ2v) is 6.54. The van der Waals surface area contributed by atoms with Gasteiger partial charge in [0.2, 0.25) is 5.91 Å². The molecule has 0 saturated carbocycles. The highest BCUT2D eigenvalue weighted by molar-refractivity contribution is 5.76. The number of benzene rings is 1. The van der Waals surface area contributed by atoms with E-state index >= 15 is 0 Å². The Morgan fingerprint density at radius 3 is 2.75 bits per heavy atom. The molecule has 2 aromatic rings. The van der Waals surface area contributed by atoms with Crippen LogP contribution in [0.5, 0.6) is 5.75 Å². The van der Waals surface area contributed by atoms with Gasteiger partial charge in [-0.1, -0.05) is 12.1 Å². The monoisotopic (exact) mass is 329 g/mol. The number of aromatic hydroxyl groups is 1. The van der Waals surface area contributed by atoms with E-state index in [1.54, 1.807) is 17.0 Å². The molecule has 0 spiro atoms. The number of likely N-dealkylation sites (tertiary alicyclic amines) is 1. The van der Waals surface area contributed by atoms with Crippen LogP contribution in [0.25, 0.3) is 0 Å². The number of nitrogens with zero attached hydrogens (tertiary/aromatic N) is 2. The molecular formula is C18H23N3O3. The predicted octanol–water partition coefficient (Wildman–Crippen LogP) is 1.42. The fraction of sp³-hybridized carbons (Fsp3) is 0.444. The number of carbonyl (C=O) groups is 1. The van der Waals surface area contributed by atoms with Gasteiger partial charge in [-0.05, 0) is 43.5 Å². The molecule has 1 aromatic heterocycles. The lowest BCUT2D eigenvalue weighted by Crippen LogP contribution is -2.29. The zero-order valence-electron chi connectivity index (χ0n) is 13.8. The van der Waals surface area contributed by atoms with Crippen LogP contribution in [0.1, 0.15) is 23.4 Å². The molecule has 2 atom stereocenters. The topological polar surface area (TPSA) is 89.5 Å². The lowest BCUT2D eigenvalue weighted by atomic mass is 10.0. The van der Waals surface area contributed by atoms with Crippen LogP contribution >= 0.6 is 0 Å². The summed E-state index contributed by atoms with van der Waals surface area (Å²) < 4.78 is 0. The number of aryl methyl sites for hydroxylation is 2. The van der Waals surface area contributed by atoms with E-state index in [1.807, 2.05) is 25.1 Å². The Balaban J connectivity index is 1.51. The number of hydrogen-bond acceptors (Lipinski definition) is 4. The first-order valence-corrected chi connectivity index (χ1v) is 8.26. The zero-order chi connectivity index (χ0) is 17.1. The molecule has 1 aliphatic rings. The first kappa shape index (κ1) is 16.5. The van der Waals surface area contributed by atoms with Crippen LogP contribution in [0.3, 0.4) is 0 Å². The molecule has 1 aromatic carbocycles. The van der Waals surface area contributed by atoms with E-state index in [4.69, 9.17) is 0 Å².